The van der Waals surface area contributed by atoms with Gasteiger partial charge < -0.3 is 10.0 Å². The minimum absolute atomic E-state index is 0.173. The third-order valence-electron chi connectivity index (χ3n) is 2.71. The number of aliphatic hydroxyl groups is 1. The van der Waals surface area contributed by atoms with E-state index in [1.807, 2.05) is 12.3 Å². The molecule has 1 N–H and O–H groups in total. The van der Waals surface area contributed by atoms with Crippen LogP contribution in [-0.2, 0) is 10.5 Å². The lowest BCUT2D eigenvalue weighted by molar-refractivity contribution is -0.135. The van der Waals surface area contributed by atoms with Crippen LogP contribution in [0.15, 0.2) is 5.38 Å². The first-order chi connectivity index (χ1) is 8.19. The van der Waals surface area contributed by atoms with Crippen LogP contribution in [0.2, 0.25) is 0 Å². The van der Waals surface area contributed by atoms with Crippen molar-refractivity contribution in [3.63, 3.8) is 0 Å². The van der Waals surface area contributed by atoms with Crippen molar-refractivity contribution in [1.29, 1.82) is 0 Å². The minimum Gasteiger partial charge on any atom is -0.396 e. The standard InChI is InChI=1S/C11H16N2O2S2/c1-8-12-10(6-17-8)5-16-7-11(15)13-2-9(3-13)4-14/h6,9,14H,2-5,7H2,1H3. The van der Waals surface area contributed by atoms with Gasteiger partial charge in [-0.05, 0) is 6.92 Å². The number of thioether (sulfide) groups is 1. The van der Waals surface area contributed by atoms with Gasteiger partial charge in [-0.15, -0.1) is 23.1 Å². The van der Waals surface area contributed by atoms with E-state index in [2.05, 4.69) is 4.98 Å². The molecule has 1 aliphatic rings. The van der Waals surface area contributed by atoms with Crippen molar-refractivity contribution < 1.29 is 9.90 Å². The van der Waals surface area contributed by atoms with E-state index in [0.717, 1.165) is 16.5 Å². The number of aryl methyl sites for hydroxylation is 1. The molecule has 0 aliphatic carbocycles. The van der Waals surface area contributed by atoms with Gasteiger partial charge in [-0.2, -0.15) is 0 Å². The van der Waals surface area contributed by atoms with Crippen LogP contribution in [0.4, 0.5) is 0 Å². The van der Waals surface area contributed by atoms with E-state index in [1.54, 1.807) is 28.0 Å². The summed E-state index contributed by atoms with van der Waals surface area (Å²) in [5.74, 6) is 1.78. The third-order valence-corrected chi connectivity index (χ3v) is 4.48. The Balaban J connectivity index is 1.64. The maximum atomic E-state index is 11.7. The molecule has 1 saturated heterocycles. The van der Waals surface area contributed by atoms with Gasteiger partial charge in [-0.25, -0.2) is 4.98 Å². The van der Waals surface area contributed by atoms with E-state index in [9.17, 15) is 4.79 Å². The van der Waals surface area contributed by atoms with Crippen LogP contribution >= 0.6 is 23.1 Å². The van der Waals surface area contributed by atoms with Crippen LogP contribution in [0.3, 0.4) is 0 Å². The molecule has 0 radical (unpaired) electrons. The summed E-state index contributed by atoms with van der Waals surface area (Å²) in [4.78, 5) is 17.8. The quantitative estimate of drug-likeness (QED) is 0.873. The van der Waals surface area contributed by atoms with Crippen molar-refractivity contribution >= 4 is 29.0 Å². The second-order valence-electron chi connectivity index (χ2n) is 4.20. The Hall–Kier alpha value is -0.590. The van der Waals surface area contributed by atoms with Gasteiger partial charge in [0, 0.05) is 36.7 Å². The number of rotatable bonds is 5. The Morgan fingerprint density at radius 2 is 2.47 bits per heavy atom. The molecule has 6 heteroatoms. The first kappa shape index (κ1) is 12.9. The van der Waals surface area contributed by atoms with E-state index in [1.165, 1.54) is 0 Å². The number of hydrogen-bond donors (Lipinski definition) is 1. The summed E-state index contributed by atoms with van der Waals surface area (Å²) in [5, 5.41) is 12.0. The number of hydrogen-bond acceptors (Lipinski definition) is 5. The average Bonchev–Trinajstić information content (AvgIpc) is 2.63. The number of amides is 1. The van der Waals surface area contributed by atoms with Gasteiger partial charge in [0.1, 0.15) is 0 Å². The van der Waals surface area contributed by atoms with E-state index in [4.69, 9.17) is 5.11 Å². The fourth-order valence-corrected chi connectivity index (χ4v) is 3.23. The highest BCUT2D eigenvalue weighted by Gasteiger charge is 2.29. The molecule has 0 atom stereocenters. The molecule has 0 aromatic carbocycles. The normalized spacial score (nSPS) is 16.0. The van der Waals surface area contributed by atoms with Gasteiger partial charge in [-0.3, -0.25) is 4.79 Å². The molecular formula is C11H16N2O2S2. The number of thiazole rings is 1. The fourth-order valence-electron chi connectivity index (χ4n) is 1.70. The summed E-state index contributed by atoms with van der Waals surface area (Å²) < 4.78 is 0. The molecule has 1 amide bonds. The van der Waals surface area contributed by atoms with E-state index in [0.29, 0.717) is 24.8 Å². The summed E-state index contributed by atoms with van der Waals surface area (Å²) in [6.45, 7) is 3.60. The highest BCUT2D eigenvalue weighted by molar-refractivity contribution is 7.99. The van der Waals surface area contributed by atoms with Crippen molar-refractivity contribution in [1.82, 2.24) is 9.88 Å². The molecule has 1 aromatic rings. The number of nitrogens with zero attached hydrogens (tertiary/aromatic N) is 2. The molecule has 94 valence electrons. The van der Waals surface area contributed by atoms with Crippen molar-refractivity contribution in [3.8, 4) is 0 Å². The lowest BCUT2D eigenvalue weighted by atomic mass is 10.0. The minimum atomic E-state index is 0.173. The first-order valence-corrected chi connectivity index (χ1v) is 7.60. The third kappa shape index (κ3) is 3.43. The Bertz CT molecular complexity index is 389. The smallest absolute Gasteiger partial charge is 0.232 e. The molecule has 17 heavy (non-hydrogen) atoms. The second kappa shape index (κ2) is 5.84. The zero-order valence-electron chi connectivity index (χ0n) is 9.76. The Morgan fingerprint density at radius 1 is 1.71 bits per heavy atom. The molecule has 1 aliphatic heterocycles. The van der Waals surface area contributed by atoms with Crippen LogP contribution in [-0.4, -0.2) is 46.3 Å². The Kier molecular flexibility index (Phi) is 4.42. The molecule has 2 rings (SSSR count). The zero-order chi connectivity index (χ0) is 12.3. The van der Waals surface area contributed by atoms with E-state index >= 15 is 0 Å². The van der Waals surface area contributed by atoms with Crippen molar-refractivity contribution in [2.24, 2.45) is 5.92 Å². The summed E-state index contributed by atoms with van der Waals surface area (Å²) >= 11 is 3.25. The molecular weight excluding hydrogens is 256 g/mol. The summed E-state index contributed by atoms with van der Waals surface area (Å²) in [6, 6.07) is 0. The second-order valence-corrected chi connectivity index (χ2v) is 6.25. The summed E-state index contributed by atoms with van der Waals surface area (Å²) in [6.07, 6.45) is 0. The van der Waals surface area contributed by atoms with Crippen LogP contribution in [0, 0.1) is 12.8 Å². The molecule has 0 bridgehead atoms. The monoisotopic (exact) mass is 272 g/mol. The van der Waals surface area contributed by atoms with Crippen LogP contribution in [0.1, 0.15) is 10.7 Å². The average molecular weight is 272 g/mol. The van der Waals surface area contributed by atoms with Crippen LogP contribution in [0.5, 0.6) is 0 Å². The topological polar surface area (TPSA) is 53.4 Å². The van der Waals surface area contributed by atoms with Crippen LogP contribution in [0.25, 0.3) is 0 Å². The van der Waals surface area contributed by atoms with Crippen molar-refractivity contribution in [3.05, 3.63) is 16.1 Å². The fraction of sp³-hybridized carbons (Fsp3) is 0.636. The van der Waals surface area contributed by atoms with Gasteiger partial charge in [-0.1, -0.05) is 0 Å². The highest BCUT2D eigenvalue weighted by atomic mass is 32.2. The summed E-state index contributed by atoms with van der Waals surface area (Å²) in [5.41, 5.74) is 1.06. The predicted molar refractivity (Wildman–Crippen MR) is 70.2 cm³/mol. The largest absolute Gasteiger partial charge is 0.396 e. The maximum absolute atomic E-state index is 11.7. The molecule has 1 aromatic heterocycles. The van der Waals surface area contributed by atoms with Gasteiger partial charge in [0.05, 0.1) is 16.5 Å². The SMILES string of the molecule is Cc1nc(CSCC(=O)N2CC(CO)C2)cs1. The first-order valence-electron chi connectivity index (χ1n) is 5.56. The Morgan fingerprint density at radius 3 is 3.06 bits per heavy atom. The molecule has 0 saturated carbocycles. The van der Waals surface area contributed by atoms with Gasteiger partial charge in [0.2, 0.25) is 5.91 Å². The Labute approximate surface area is 109 Å². The molecule has 0 spiro atoms. The summed E-state index contributed by atoms with van der Waals surface area (Å²) in [7, 11) is 0. The lowest BCUT2D eigenvalue weighted by Gasteiger charge is -2.38. The van der Waals surface area contributed by atoms with E-state index in [-0.39, 0.29) is 12.5 Å². The van der Waals surface area contributed by atoms with Crippen molar-refractivity contribution in [2.75, 3.05) is 25.4 Å². The number of carbonyl (C=O) groups excluding carboxylic acids is 1. The zero-order valence-corrected chi connectivity index (χ0v) is 11.4. The highest BCUT2D eigenvalue weighted by Crippen LogP contribution is 2.19. The number of carbonyl (C=O) groups is 1. The molecule has 2 heterocycles. The van der Waals surface area contributed by atoms with Crippen LogP contribution < -0.4 is 0 Å². The molecule has 1 fully saturated rings. The van der Waals surface area contributed by atoms with Gasteiger partial charge in [0.15, 0.2) is 0 Å². The van der Waals surface area contributed by atoms with Gasteiger partial charge >= 0.3 is 0 Å². The molecule has 4 nitrogen and oxygen atoms in total. The number of likely N-dealkylation sites (tertiary alicyclic amines) is 1. The van der Waals surface area contributed by atoms with E-state index < -0.39 is 0 Å². The van der Waals surface area contributed by atoms with Crippen molar-refractivity contribution in [2.45, 2.75) is 12.7 Å². The number of aromatic nitrogens is 1. The predicted octanol–water partition coefficient (Wildman–Crippen LogP) is 1.14. The number of aliphatic hydroxyl groups excluding tert-OH is 1. The van der Waals surface area contributed by atoms with Gasteiger partial charge in [0.25, 0.3) is 0 Å². The maximum Gasteiger partial charge on any atom is 0.232 e. The lowest BCUT2D eigenvalue weighted by Crippen LogP contribution is -2.51. The molecule has 0 unspecified atom stereocenters.